The highest BCUT2D eigenvalue weighted by atomic mass is 16.2. The lowest BCUT2D eigenvalue weighted by molar-refractivity contribution is -0.140. The van der Waals surface area contributed by atoms with Gasteiger partial charge in [-0.2, -0.15) is 0 Å². The molecule has 2 rings (SSSR count). The van der Waals surface area contributed by atoms with Crippen molar-refractivity contribution in [3.8, 4) is 0 Å². The van der Waals surface area contributed by atoms with Gasteiger partial charge in [0.05, 0.1) is 0 Å². The minimum absolute atomic E-state index is 0.0345. The van der Waals surface area contributed by atoms with E-state index in [9.17, 15) is 9.59 Å². The summed E-state index contributed by atoms with van der Waals surface area (Å²) in [5.41, 5.74) is 3.52. The third-order valence-corrected chi connectivity index (χ3v) is 5.05. The summed E-state index contributed by atoms with van der Waals surface area (Å²) >= 11 is 0. The highest BCUT2D eigenvalue weighted by molar-refractivity contribution is 5.87. The summed E-state index contributed by atoms with van der Waals surface area (Å²) in [7, 11) is 0. The van der Waals surface area contributed by atoms with Gasteiger partial charge in [0.15, 0.2) is 0 Å². The van der Waals surface area contributed by atoms with E-state index >= 15 is 0 Å². The number of carbonyl (C=O) groups is 2. The fourth-order valence-electron chi connectivity index (χ4n) is 3.43. The number of nitrogens with zero attached hydrogens (tertiary/aromatic N) is 1. The maximum atomic E-state index is 13.1. The first-order valence-electron chi connectivity index (χ1n) is 10.6. The van der Waals surface area contributed by atoms with E-state index in [1.54, 1.807) is 4.90 Å². The molecule has 0 aromatic heterocycles. The first-order valence-corrected chi connectivity index (χ1v) is 10.6. The Labute approximate surface area is 175 Å². The van der Waals surface area contributed by atoms with Crippen molar-refractivity contribution in [2.75, 3.05) is 6.54 Å². The largest absolute Gasteiger partial charge is 0.352 e. The minimum Gasteiger partial charge on any atom is -0.352 e. The zero-order valence-corrected chi connectivity index (χ0v) is 18.2. The van der Waals surface area contributed by atoms with E-state index in [1.165, 1.54) is 11.1 Å². The van der Waals surface area contributed by atoms with Gasteiger partial charge in [0.25, 0.3) is 0 Å². The van der Waals surface area contributed by atoms with Crippen LogP contribution in [0.25, 0.3) is 0 Å². The Bertz CT molecular complexity index is 769. The molecule has 4 heteroatoms. The van der Waals surface area contributed by atoms with Crippen molar-refractivity contribution in [2.45, 2.75) is 65.5 Å². The molecule has 0 saturated heterocycles. The maximum Gasteiger partial charge on any atom is 0.242 e. The van der Waals surface area contributed by atoms with Gasteiger partial charge in [-0.25, -0.2) is 0 Å². The molecule has 4 nitrogen and oxygen atoms in total. The van der Waals surface area contributed by atoms with E-state index in [4.69, 9.17) is 0 Å². The van der Waals surface area contributed by atoms with Crippen LogP contribution in [0.5, 0.6) is 0 Å². The molecule has 0 bridgehead atoms. The lowest BCUT2D eigenvalue weighted by Crippen LogP contribution is -2.51. The lowest BCUT2D eigenvalue weighted by atomic mass is 10.0. The van der Waals surface area contributed by atoms with E-state index in [0.717, 1.165) is 12.0 Å². The molecular formula is C25H34N2O2. The molecule has 1 N–H and O–H groups in total. The second-order valence-corrected chi connectivity index (χ2v) is 7.90. The van der Waals surface area contributed by atoms with Gasteiger partial charge < -0.3 is 10.2 Å². The van der Waals surface area contributed by atoms with E-state index in [0.29, 0.717) is 25.8 Å². The van der Waals surface area contributed by atoms with Crippen LogP contribution in [0.2, 0.25) is 0 Å². The predicted molar refractivity (Wildman–Crippen MR) is 119 cm³/mol. The highest BCUT2D eigenvalue weighted by Gasteiger charge is 2.28. The van der Waals surface area contributed by atoms with Crippen LogP contribution in [0.15, 0.2) is 54.6 Å². The molecule has 2 aromatic rings. The summed E-state index contributed by atoms with van der Waals surface area (Å²) < 4.78 is 0. The van der Waals surface area contributed by atoms with Gasteiger partial charge in [0.2, 0.25) is 11.8 Å². The average molecular weight is 395 g/mol. The predicted octanol–water partition coefficient (Wildman–Crippen LogP) is 4.30. The third-order valence-electron chi connectivity index (χ3n) is 5.05. The molecule has 0 fully saturated rings. The summed E-state index contributed by atoms with van der Waals surface area (Å²) in [6, 6.07) is 18.0. The van der Waals surface area contributed by atoms with E-state index in [-0.39, 0.29) is 17.9 Å². The Morgan fingerprint density at radius 2 is 1.55 bits per heavy atom. The second kappa shape index (κ2) is 11.4. The molecule has 0 saturated carbocycles. The van der Waals surface area contributed by atoms with Crippen LogP contribution >= 0.6 is 0 Å². The molecule has 29 heavy (non-hydrogen) atoms. The van der Waals surface area contributed by atoms with Gasteiger partial charge >= 0.3 is 0 Å². The Hall–Kier alpha value is -2.62. The van der Waals surface area contributed by atoms with Gasteiger partial charge in [-0.1, -0.05) is 67.1 Å². The number of nitrogens with one attached hydrogen (secondary N) is 1. The molecule has 2 aromatic carbocycles. The number of carbonyl (C=O) groups excluding carboxylic acids is 2. The van der Waals surface area contributed by atoms with E-state index in [2.05, 4.69) is 48.6 Å². The van der Waals surface area contributed by atoms with Crippen molar-refractivity contribution in [2.24, 2.45) is 0 Å². The number of aryl methyl sites for hydroxylation is 2. The van der Waals surface area contributed by atoms with Crippen molar-refractivity contribution in [3.63, 3.8) is 0 Å². The molecule has 0 aliphatic heterocycles. The number of hydrogen-bond donors (Lipinski definition) is 1. The highest BCUT2D eigenvalue weighted by Crippen LogP contribution is 2.13. The topological polar surface area (TPSA) is 49.4 Å². The SMILES string of the molecule is CC[C@@H](C(=O)NC(C)C)N(CCc1ccccc1)C(=O)CCc1ccc(C)cc1. The number of hydrogen-bond acceptors (Lipinski definition) is 2. The average Bonchev–Trinajstić information content (AvgIpc) is 2.70. The number of rotatable bonds is 10. The van der Waals surface area contributed by atoms with Crippen molar-refractivity contribution in [1.29, 1.82) is 0 Å². The van der Waals surface area contributed by atoms with Crippen molar-refractivity contribution >= 4 is 11.8 Å². The Kier molecular flexibility index (Phi) is 8.91. The fourth-order valence-corrected chi connectivity index (χ4v) is 3.43. The minimum atomic E-state index is -0.438. The van der Waals surface area contributed by atoms with Gasteiger partial charge in [-0.3, -0.25) is 9.59 Å². The Morgan fingerprint density at radius 3 is 2.14 bits per heavy atom. The third kappa shape index (κ3) is 7.37. The van der Waals surface area contributed by atoms with Crippen LogP contribution < -0.4 is 5.32 Å². The second-order valence-electron chi connectivity index (χ2n) is 7.90. The van der Waals surface area contributed by atoms with Gasteiger partial charge in [0, 0.05) is 19.0 Å². The van der Waals surface area contributed by atoms with Crippen LogP contribution in [-0.2, 0) is 22.4 Å². The molecule has 0 aliphatic carbocycles. The van der Waals surface area contributed by atoms with Crippen LogP contribution in [0, 0.1) is 6.92 Å². The van der Waals surface area contributed by atoms with Crippen molar-refractivity contribution < 1.29 is 9.59 Å². The summed E-state index contributed by atoms with van der Waals surface area (Å²) in [5, 5.41) is 2.97. The van der Waals surface area contributed by atoms with Crippen LogP contribution in [-0.4, -0.2) is 35.3 Å². The summed E-state index contributed by atoms with van der Waals surface area (Å²) in [4.78, 5) is 27.7. The summed E-state index contributed by atoms with van der Waals surface area (Å²) in [6.45, 7) is 8.45. The number of amides is 2. The molecule has 156 valence electrons. The van der Waals surface area contributed by atoms with Crippen molar-refractivity contribution in [1.82, 2.24) is 10.2 Å². The van der Waals surface area contributed by atoms with E-state index < -0.39 is 6.04 Å². The lowest BCUT2D eigenvalue weighted by Gasteiger charge is -2.31. The van der Waals surface area contributed by atoms with Crippen LogP contribution in [0.4, 0.5) is 0 Å². The normalized spacial score (nSPS) is 11.9. The molecule has 0 radical (unpaired) electrons. The smallest absolute Gasteiger partial charge is 0.242 e. The molecule has 0 unspecified atom stereocenters. The Morgan fingerprint density at radius 1 is 0.931 bits per heavy atom. The maximum absolute atomic E-state index is 13.1. The molecular weight excluding hydrogens is 360 g/mol. The van der Waals surface area contributed by atoms with Crippen molar-refractivity contribution in [3.05, 3.63) is 71.3 Å². The quantitative estimate of drug-likeness (QED) is 0.653. The van der Waals surface area contributed by atoms with E-state index in [1.807, 2.05) is 39.0 Å². The number of benzene rings is 2. The summed E-state index contributed by atoms with van der Waals surface area (Å²) in [6.07, 6.45) is 2.43. The van der Waals surface area contributed by atoms with Gasteiger partial charge in [-0.15, -0.1) is 0 Å². The van der Waals surface area contributed by atoms with Gasteiger partial charge in [0.1, 0.15) is 6.04 Å². The van der Waals surface area contributed by atoms with Crippen LogP contribution in [0.3, 0.4) is 0 Å². The zero-order chi connectivity index (χ0) is 21.2. The van der Waals surface area contributed by atoms with Gasteiger partial charge in [-0.05, 0) is 51.2 Å². The Balaban J connectivity index is 2.11. The molecule has 0 aliphatic rings. The van der Waals surface area contributed by atoms with Crippen LogP contribution in [0.1, 0.15) is 50.3 Å². The fraction of sp³-hybridized carbons (Fsp3) is 0.440. The molecule has 2 amide bonds. The monoisotopic (exact) mass is 394 g/mol. The molecule has 0 heterocycles. The first kappa shape index (κ1) is 22.7. The standard InChI is InChI=1S/C25H34N2O2/c1-5-23(25(29)26-19(2)3)27(18-17-21-9-7-6-8-10-21)24(28)16-15-22-13-11-20(4)12-14-22/h6-14,19,23H,5,15-18H2,1-4H3,(H,26,29)/t23-/m0/s1. The molecule has 1 atom stereocenters. The zero-order valence-electron chi connectivity index (χ0n) is 18.2. The first-order chi connectivity index (χ1) is 13.9. The summed E-state index contributed by atoms with van der Waals surface area (Å²) in [5.74, 6) is -0.0356. The molecule has 0 spiro atoms.